The SMILES string of the molecule is CNCC1CCCN(C(=O)c2ncoc2-c2ccc(C)cc2)C1. The molecule has 2 heterocycles. The number of rotatable bonds is 4. The van der Waals surface area contributed by atoms with E-state index in [9.17, 15) is 4.79 Å². The highest BCUT2D eigenvalue weighted by atomic mass is 16.3. The zero-order chi connectivity index (χ0) is 16.2. The van der Waals surface area contributed by atoms with Gasteiger partial charge in [-0.15, -0.1) is 0 Å². The predicted octanol–water partition coefficient (Wildman–Crippen LogP) is 2.72. The van der Waals surface area contributed by atoms with Gasteiger partial charge in [0, 0.05) is 18.7 Å². The second-order valence-corrected chi connectivity index (χ2v) is 6.21. The highest BCUT2D eigenvalue weighted by Gasteiger charge is 2.28. The zero-order valence-electron chi connectivity index (χ0n) is 13.7. The van der Waals surface area contributed by atoms with Crippen LogP contribution in [0.15, 0.2) is 35.1 Å². The number of piperidine rings is 1. The maximum atomic E-state index is 12.9. The molecule has 1 fully saturated rings. The Morgan fingerprint density at radius 1 is 1.39 bits per heavy atom. The number of amides is 1. The first-order chi connectivity index (χ1) is 11.2. The number of aromatic nitrogens is 1. The van der Waals surface area contributed by atoms with Crippen LogP contribution in [0.3, 0.4) is 0 Å². The maximum absolute atomic E-state index is 12.9. The molecule has 5 heteroatoms. The van der Waals surface area contributed by atoms with Crippen LogP contribution in [0.2, 0.25) is 0 Å². The second kappa shape index (κ2) is 6.96. The van der Waals surface area contributed by atoms with E-state index in [4.69, 9.17) is 4.42 Å². The zero-order valence-corrected chi connectivity index (χ0v) is 13.7. The molecule has 3 rings (SSSR count). The van der Waals surface area contributed by atoms with Crippen LogP contribution in [0, 0.1) is 12.8 Å². The Kier molecular flexibility index (Phi) is 4.76. The predicted molar refractivity (Wildman–Crippen MR) is 89.2 cm³/mol. The average molecular weight is 313 g/mol. The van der Waals surface area contributed by atoms with Crippen LogP contribution >= 0.6 is 0 Å². The third-order valence-corrected chi connectivity index (χ3v) is 4.38. The van der Waals surface area contributed by atoms with Gasteiger partial charge in [-0.1, -0.05) is 29.8 Å². The van der Waals surface area contributed by atoms with Crippen molar-refractivity contribution in [2.75, 3.05) is 26.7 Å². The summed E-state index contributed by atoms with van der Waals surface area (Å²) in [6, 6.07) is 7.95. The van der Waals surface area contributed by atoms with Gasteiger partial charge >= 0.3 is 0 Å². The van der Waals surface area contributed by atoms with E-state index >= 15 is 0 Å². The Bertz CT molecular complexity index is 661. The molecule has 1 aliphatic rings. The third-order valence-electron chi connectivity index (χ3n) is 4.38. The number of hydrogen-bond acceptors (Lipinski definition) is 4. The summed E-state index contributed by atoms with van der Waals surface area (Å²) in [5.74, 6) is 1.04. The minimum absolute atomic E-state index is 0.0323. The molecule has 122 valence electrons. The first-order valence-corrected chi connectivity index (χ1v) is 8.13. The minimum Gasteiger partial charge on any atom is -0.443 e. The summed E-state index contributed by atoms with van der Waals surface area (Å²) in [7, 11) is 1.95. The maximum Gasteiger partial charge on any atom is 0.276 e. The smallest absolute Gasteiger partial charge is 0.276 e. The first kappa shape index (κ1) is 15.7. The van der Waals surface area contributed by atoms with Crippen molar-refractivity contribution in [1.29, 1.82) is 0 Å². The summed E-state index contributed by atoms with van der Waals surface area (Å²) in [6.45, 7) is 4.54. The summed E-state index contributed by atoms with van der Waals surface area (Å²) < 4.78 is 5.51. The number of nitrogens with zero attached hydrogens (tertiary/aromatic N) is 2. The van der Waals surface area contributed by atoms with E-state index in [1.165, 1.54) is 12.0 Å². The molecule has 0 spiro atoms. The van der Waals surface area contributed by atoms with E-state index < -0.39 is 0 Å². The van der Waals surface area contributed by atoms with Gasteiger partial charge in [-0.05, 0) is 39.3 Å². The molecule has 1 aromatic carbocycles. The number of benzene rings is 1. The van der Waals surface area contributed by atoms with Crippen LogP contribution in [-0.2, 0) is 0 Å². The number of carbonyl (C=O) groups excluding carboxylic acids is 1. The third kappa shape index (κ3) is 3.45. The molecule has 1 aliphatic heterocycles. The Morgan fingerprint density at radius 3 is 2.91 bits per heavy atom. The molecular formula is C18H23N3O2. The molecule has 23 heavy (non-hydrogen) atoms. The summed E-state index contributed by atoms with van der Waals surface area (Å²) in [4.78, 5) is 18.9. The molecule has 1 amide bonds. The van der Waals surface area contributed by atoms with Crippen LogP contribution in [-0.4, -0.2) is 42.5 Å². The van der Waals surface area contributed by atoms with Crippen molar-refractivity contribution in [3.63, 3.8) is 0 Å². The molecule has 0 saturated carbocycles. The lowest BCUT2D eigenvalue weighted by Crippen LogP contribution is -2.42. The Morgan fingerprint density at radius 2 is 2.17 bits per heavy atom. The van der Waals surface area contributed by atoms with Gasteiger partial charge in [0.25, 0.3) is 5.91 Å². The Balaban J connectivity index is 1.80. The highest BCUT2D eigenvalue weighted by molar-refractivity contribution is 5.97. The molecule has 1 aromatic heterocycles. The number of hydrogen-bond donors (Lipinski definition) is 1. The molecule has 1 N–H and O–H groups in total. The van der Waals surface area contributed by atoms with Crippen LogP contribution in [0.4, 0.5) is 0 Å². The lowest BCUT2D eigenvalue weighted by Gasteiger charge is -2.32. The van der Waals surface area contributed by atoms with Crippen LogP contribution in [0.1, 0.15) is 28.9 Å². The van der Waals surface area contributed by atoms with Crippen molar-refractivity contribution < 1.29 is 9.21 Å². The topological polar surface area (TPSA) is 58.4 Å². The number of oxazole rings is 1. The van der Waals surface area contributed by atoms with Crippen LogP contribution < -0.4 is 5.32 Å². The molecule has 1 atom stereocenters. The second-order valence-electron chi connectivity index (χ2n) is 6.21. The van der Waals surface area contributed by atoms with Gasteiger partial charge < -0.3 is 14.6 Å². The Labute approximate surface area is 136 Å². The van der Waals surface area contributed by atoms with Crippen molar-refractivity contribution in [3.05, 3.63) is 41.9 Å². The molecular weight excluding hydrogens is 290 g/mol. The van der Waals surface area contributed by atoms with E-state index in [0.29, 0.717) is 17.4 Å². The molecule has 1 saturated heterocycles. The fourth-order valence-corrected chi connectivity index (χ4v) is 3.16. The van der Waals surface area contributed by atoms with Gasteiger partial charge in [0.05, 0.1) is 0 Å². The van der Waals surface area contributed by atoms with Crippen molar-refractivity contribution in [3.8, 4) is 11.3 Å². The van der Waals surface area contributed by atoms with Crippen LogP contribution in [0.5, 0.6) is 0 Å². The highest BCUT2D eigenvalue weighted by Crippen LogP contribution is 2.26. The van der Waals surface area contributed by atoms with Gasteiger partial charge in [0.2, 0.25) is 0 Å². The summed E-state index contributed by atoms with van der Waals surface area (Å²) >= 11 is 0. The van der Waals surface area contributed by atoms with Crippen molar-refractivity contribution >= 4 is 5.91 Å². The summed E-state index contributed by atoms with van der Waals surface area (Å²) in [5, 5.41) is 3.20. The number of nitrogens with one attached hydrogen (secondary N) is 1. The largest absolute Gasteiger partial charge is 0.443 e. The lowest BCUT2D eigenvalue weighted by atomic mass is 9.97. The summed E-state index contributed by atoms with van der Waals surface area (Å²) in [6.07, 6.45) is 3.56. The van der Waals surface area contributed by atoms with E-state index in [2.05, 4.69) is 10.3 Å². The molecule has 5 nitrogen and oxygen atoms in total. The average Bonchev–Trinajstić information content (AvgIpc) is 3.05. The van der Waals surface area contributed by atoms with Gasteiger partial charge in [0.1, 0.15) is 0 Å². The quantitative estimate of drug-likeness (QED) is 0.943. The monoisotopic (exact) mass is 313 g/mol. The molecule has 0 aliphatic carbocycles. The van der Waals surface area contributed by atoms with Gasteiger partial charge in [-0.25, -0.2) is 4.98 Å². The van der Waals surface area contributed by atoms with Gasteiger partial charge in [-0.2, -0.15) is 0 Å². The molecule has 0 radical (unpaired) electrons. The summed E-state index contributed by atoms with van der Waals surface area (Å²) in [5.41, 5.74) is 2.48. The minimum atomic E-state index is -0.0323. The van der Waals surface area contributed by atoms with Gasteiger partial charge in [0.15, 0.2) is 17.8 Å². The molecule has 2 aromatic rings. The van der Waals surface area contributed by atoms with Crippen molar-refractivity contribution in [2.45, 2.75) is 19.8 Å². The molecule has 0 bridgehead atoms. The lowest BCUT2D eigenvalue weighted by molar-refractivity contribution is 0.0669. The van der Waals surface area contributed by atoms with Gasteiger partial charge in [-0.3, -0.25) is 4.79 Å². The Hall–Kier alpha value is -2.14. The van der Waals surface area contributed by atoms with E-state index in [-0.39, 0.29) is 5.91 Å². The van der Waals surface area contributed by atoms with Crippen LogP contribution in [0.25, 0.3) is 11.3 Å². The van der Waals surface area contributed by atoms with Crippen molar-refractivity contribution in [1.82, 2.24) is 15.2 Å². The first-order valence-electron chi connectivity index (χ1n) is 8.13. The normalized spacial score (nSPS) is 18.2. The van der Waals surface area contributed by atoms with E-state index in [1.54, 1.807) is 0 Å². The molecule has 1 unspecified atom stereocenters. The standard InChI is InChI=1S/C18H23N3O2/c1-13-5-7-15(8-6-13)17-16(20-12-23-17)18(22)21-9-3-4-14(11-21)10-19-2/h5-8,12,14,19H,3-4,9-11H2,1-2H3. The van der Waals surface area contributed by atoms with E-state index in [0.717, 1.165) is 38.0 Å². The van der Waals surface area contributed by atoms with E-state index in [1.807, 2.05) is 43.1 Å². The number of aryl methyl sites for hydroxylation is 1. The number of carbonyl (C=O) groups is 1. The fourth-order valence-electron chi connectivity index (χ4n) is 3.16. The fraction of sp³-hybridized carbons (Fsp3) is 0.444. The van der Waals surface area contributed by atoms with Crippen molar-refractivity contribution in [2.24, 2.45) is 5.92 Å². The number of likely N-dealkylation sites (tertiary alicyclic amines) is 1.